The summed E-state index contributed by atoms with van der Waals surface area (Å²) in [6.45, 7) is 15.3. The molecule has 0 saturated heterocycles. The molecule has 0 N–H and O–H groups in total. The zero-order valence-electron chi connectivity index (χ0n) is 22.6. The summed E-state index contributed by atoms with van der Waals surface area (Å²) in [5, 5.41) is 2.03. The van der Waals surface area contributed by atoms with E-state index < -0.39 is 31.4 Å². The van der Waals surface area contributed by atoms with Gasteiger partial charge in [0.05, 0.1) is 11.1 Å². The van der Waals surface area contributed by atoms with Crippen LogP contribution in [0.3, 0.4) is 0 Å². The molecule has 1 aliphatic carbocycles. The van der Waals surface area contributed by atoms with Crippen LogP contribution in [-0.4, -0.2) is 16.0 Å². The van der Waals surface area contributed by atoms with Gasteiger partial charge in [-0.15, -0.1) is 0 Å². The number of allylic oxidation sites excluding steroid dienone is 4. The molecule has 0 amide bonds. The zero-order chi connectivity index (χ0) is 28.7. The summed E-state index contributed by atoms with van der Waals surface area (Å²) in [4.78, 5) is 0. The number of rotatable bonds is 6. The van der Waals surface area contributed by atoms with E-state index in [1.807, 2.05) is 12.2 Å². The average Bonchev–Trinajstić information content (AvgIpc) is 3.13. The van der Waals surface area contributed by atoms with Crippen LogP contribution in [0.25, 0.3) is 0 Å². The fourth-order valence-corrected chi connectivity index (χ4v) is 14.3. The molecule has 0 aliphatic heterocycles. The molecular formula is C29H35F6P3. The maximum Gasteiger partial charge on any atom is 0.417 e. The fraction of sp³-hybridized carbons (Fsp3) is 0.448. The third-order valence-electron chi connectivity index (χ3n) is 6.47. The molecule has 0 nitrogen and oxygen atoms in total. The van der Waals surface area contributed by atoms with Crippen molar-refractivity contribution >= 4 is 35.7 Å². The smallest absolute Gasteiger partial charge is 0.166 e. The third-order valence-corrected chi connectivity index (χ3v) is 13.4. The molecule has 38 heavy (non-hydrogen) atoms. The first-order chi connectivity index (χ1) is 17.3. The van der Waals surface area contributed by atoms with Gasteiger partial charge in [-0.1, -0.05) is 122 Å². The lowest BCUT2D eigenvalue weighted by Crippen LogP contribution is -2.34. The highest BCUT2D eigenvalue weighted by Gasteiger charge is 2.44. The first kappa shape index (κ1) is 31.3. The third kappa shape index (κ3) is 7.30. The molecule has 0 aromatic heterocycles. The van der Waals surface area contributed by atoms with E-state index in [2.05, 4.69) is 48.5 Å². The second kappa shape index (κ2) is 11.3. The van der Waals surface area contributed by atoms with Crippen molar-refractivity contribution in [3.05, 3.63) is 82.4 Å². The van der Waals surface area contributed by atoms with Crippen LogP contribution in [0.2, 0.25) is 0 Å². The average molecular weight is 591 g/mol. The normalized spacial score (nSPS) is 18.6. The van der Waals surface area contributed by atoms with Crippen LogP contribution in [0, 0.1) is 5.92 Å². The Morgan fingerprint density at radius 2 is 0.974 bits per heavy atom. The topological polar surface area (TPSA) is 0 Å². The molecule has 0 spiro atoms. The predicted molar refractivity (Wildman–Crippen MR) is 154 cm³/mol. The van der Waals surface area contributed by atoms with E-state index in [4.69, 9.17) is 0 Å². The van der Waals surface area contributed by atoms with Gasteiger partial charge >= 0.3 is 12.4 Å². The Morgan fingerprint density at radius 3 is 1.29 bits per heavy atom. The van der Waals surface area contributed by atoms with E-state index >= 15 is 0 Å². The monoisotopic (exact) mass is 590 g/mol. The SMILES string of the molecule is CC(C1C(Pc2ccccc2C(F)(F)F)=CC=C1Pc1ccccc1C(F)(F)F)P(C(C)(C)C)C(C)(C)C. The van der Waals surface area contributed by atoms with Gasteiger partial charge in [0, 0.05) is 5.92 Å². The molecular weight excluding hydrogens is 555 g/mol. The second-order valence-corrected chi connectivity index (χ2v) is 18.5. The van der Waals surface area contributed by atoms with Crippen LogP contribution < -0.4 is 10.6 Å². The van der Waals surface area contributed by atoms with Crippen molar-refractivity contribution in [2.24, 2.45) is 5.92 Å². The molecule has 3 unspecified atom stereocenters. The molecule has 2 aromatic rings. The van der Waals surface area contributed by atoms with Crippen LogP contribution in [0.1, 0.15) is 59.6 Å². The van der Waals surface area contributed by atoms with E-state index in [-0.39, 0.29) is 49.7 Å². The molecule has 1 aliphatic rings. The van der Waals surface area contributed by atoms with E-state index in [0.717, 1.165) is 22.8 Å². The van der Waals surface area contributed by atoms with Gasteiger partial charge in [0.15, 0.2) is 0 Å². The van der Waals surface area contributed by atoms with E-state index in [9.17, 15) is 26.3 Å². The van der Waals surface area contributed by atoms with Crippen molar-refractivity contribution in [1.29, 1.82) is 0 Å². The van der Waals surface area contributed by atoms with E-state index in [0.29, 0.717) is 0 Å². The summed E-state index contributed by atoms with van der Waals surface area (Å²) in [6.07, 6.45) is -5.22. The number of hydrogen-bond acceptors (Lipinski definition) is 0. The summed E-state index contributed by atoms with van der Waals surface area (Å²) in [5.41, 5.74) is -1.25. The first-order valence-corrected chi connectivity index (χ1v) is 15.8. The molecule has 0 radical (unpaired) electrons. The maximum absolute atomic E-state index is 13.8. The largest absolute Gasteiger partial charge is 0.417 e. The van der Waals surface area contributed by atoms with Gasteiger partial charge in [0.25, 0.3) is 0 Å². The first-order valence-electron chi connectivity index (χ1n) is 12.4. The van der Waals surface area contributed by atoms with Crippen molar-refractivity contribution in [1.82, 2.24) is 0 Å². The Balaban J connectivity index is 2.08. The van der Waals surface area contributed by atoms with Crippen molar-refractivity contribution in [3.63, 3.8) is 0 Å². The minimum absolute atomic E-state index is 0.0566. The number of halogens is 6. The van der Waals surface area contributed by atoms with Crippen LogP contribution in [0.15, 0.2) is 71.3 Å². The highest BCUT2D eigenvalue weighted by atomic mass is 31.1. The maximum atomic E-state index is 13.8. The minimum Gasteiger partial charge on any atom is -0.166 e. The van der Waals surface area contributed by atoms with Crippen LogP contribution >= 0.6 is 25.1 Å². The second-order valence-electron chi connectivity index (χ2n) is 11.5. The Hall–Kier alpha value is -1.21. The van der Waals surface area contributed by atoms with Crippen LogP contribution in [-0.2, 0) is 12.4 Å². The Bertz CT molecular complexity index is 1110. The minimum atomic E-state index is -4.48. The van der Waals surface area contributed by atoms with Crippen molar-refractivity contribution < 1.29 is 26.3 Å². The summed E-state index contributed by atoms with van der Waals surface area (Å²) in [7, 11) is -1.14. The lowest BCUT2D eigenvalue weighted by Gasteiger charge is -2.48. The quantitative estimate of drug-likeness (QED) is 0.232. The summed E-state index contributed by atoms with van der Waals surface area (Å²) >= 11 is 0. The van der Waals surface area contributed by atoms with Crippen LogP contribution in [0.4, 0.5) is 26.3 Å². The number of alkyl halides is 6. The van der Waals surface area contributed by atoms with Crippen molar-refractivity contribution in [3.8, 4) is 0 Å². The lowest BCUT2D eigenvalue weighted by molar-refractivity contribution is -0.137. The molecule has 0 heterocycles. The molecule has 3 rings (SSSR count). The van der Waals surface area contributed by atoms with Gasteiger partial charge in [-0.05, 0) is 49.3 Å². The lowest BCUT2D eigenvalue weighted by atomic mass is 10.1. The highest BCUT2D eigenvalue weighted by Crippen LogP contribution is 2.67. The Labute approximate surface area is 227 Å². The van der Waals surface area contributed by atoms with E-state index in [1.54, 1.807) is 12.1 Å². The van der Waals surface area contributed by atoms with Gasteiger partial charge in [0.2, 0.25) is 0 Å². The zero-order valence-corrected chi connectivity index (χ0v) is 25.5. The summed E-state index contributed by atoms with van der Waals surface area (Å²) in [5.74, 6) is -0.223. The number of benzene rings is 2. The van der Waals surface area contributed by atoms with E-state index in [1.165, 1.54) is 24.3 Å². The highest BCUT2D eigenvalue weighted by molar-refractivity contribution is 7.62. The molecule has 9 heteroatoms. The van der Waals surface area contributed by atoms with Crippen molar-refractivity contribution in [2.75, 3.05) is 0 Å². The summed E-state index contributed by atoms with van der Waals surface area (Å²) < 4.78 is 82.9. The van der Waals surface area contributed by atoms with Gasteiger partial charge < -0.3 is 0 Å². The number of hydrogen-bond donors (Lipinski definition) is 0. The van der Waals surface area contributed by atoms with Gasteiger partial charge in [-0.25, -0.2) is 0 Å². The Kier molecular flexibility index (Phi) is 9.35. The van der Waals surface area contributed by atoms with Crippen LogP contribution in [0.5, 0.6) is 0 Å². The van der Waals surface area contributed by atoms with Gasteiger partial charge in [-0.2, -0.15) is 26.3 Å². The molecule has 3 atom stereocenters. The molecule has 208 valence electrons. The Morgan fingerprint density at radius 1 is 0.632 bits per heavy atom. The fourth-order valence-electron chi connectivity index (χ4n) is 5.68. The molecule has 0 saturated carbocycles. The molecule has 0 fully saturated rings. The standard InChI is InChI=1S/C29H35F6P3/c1-18(38(26(2,3)4)27(5,6)7)25-23(36-21-14-10-8-12-19(21)28(30,31)32)16-17-24(25)37-22-15-11-9-13-20(22)29(33,34)35/h8-18,25,36-37H,1-7H3. The predicted octanol–water partition coefficient (Wildman–Crippen LogP) is 9.90. The van der Waals surface area contributed by atoms with Gasteiger partial charge in [-0.3, -0.25) is 0 Å². The molecule has 2 aromatic carbocycles. The van der Waals surface area contributed by atoms with Gasteiger partial charge in [0.1, 0.15) is 0 Å². The van der Waals surface area contributed by atoms with Crippen molar-refractivity contribution in [2.45, 2.75) is 76.8 Å². The molecule has 0 bridgehead atoms. The summed E-state index contributed by atoms with van der Waals surface area (Å²) in [6, 6.07) is 11.2.